The van der Waals surface area contributed by atoms with Crippen LogP contribution in [0.25, 0.3) is 0 Å². The molecule has 11 heteroatoms. The molecule has 35 heavy (non-hydrogen) atoms. The third-order valence-corrected chi connectivity index (χ3v) is 5.19. The van der Waals surface area contributed by atoms with Crippen LogP contribution in [0, 0.1) is 0 Å². The van der Waals surface area contributed by atoms with Crippen molar-refractivity contribution in [3.05, 3.63) is 69.9 Å². The van der Waals surface area contributed by atoms with E-state index in [1.54, 1.807) is 43.3 Å². The Balaban J connectivity index is 1.71. The molecule has 186 valence electrons. The van der Waals surface area contributed by atoms with Gasteiger partial charge in [0.25, 0.3) is 0 Å². The molecule has 1 heterocycles. The minimum absolute atomic E-state index is 0.122. The maximum Gasteiger partial charge on any atom is 0.337 e. The van der Waals surface area contributed by atoms with Gasteiger partial charge in [-0.2, -0.15) is 5.10 Å². The van der Waals surface area contributed by atoms with Gasteiger partial charge in [0, 0.05) is 10.7 Å². The Kier molecular flexibility index (Phi) is 8.93. The highest BCUT2D eigenvalue weighted by Gasteiger charge is 2.32. The Labute approximate surface area is 207 Å². The van der Waals surface area contributed by atoms with Gasteiger partial charge in [-0.15, -0.1) is 0 Å². The number of aliphatic hydroxyl groups excluding tert-OH is 1. The monoisotopic (exact) mass is 502 g/mol. The van der Waals surface area contributed by atoms with E-state index < -0.39 is 24.3 Å². The summed E-state index contributed by atoms with van der Waals surface area (Å²) in [4.78, 5) is 24.4. The molecule has 0 saturated heterocycles. The molecule has 3 rings (SSSR count). The van der Waals surface area contributed by atoms with Crippen molar-refractivity contribution in [2.45, 2.75) is 26.1 Å². The molecular weight excluding hydrogens is 476 g/mol. The molecule has 4 N–H and O–H groups in total. The number of allylic oxidation sites excluding steroid dienone is 1. The van der Waals surface area contributed by atoms with Crippen LogP contribution in [0.1, 0.15) is 31.0 Å². The minimum atomic E-state index is -1.10. The Hall–Kier alpha value is -3.76. The van der Waals surface area contributed by atoms with E-state index in [1.165, 1.54) is 13.3 Å². The normalized spacial score (nSPS) is 16.4. The van der Waals surface area contributed by atoms with Crippen LogP contribution in [-0.2, 0) is 9.53 Å². The number of nitrogens with zero attached hydrogens (tertiary/aromatic N) is 1. The Bertz CT molecular complexity index is 1140. The summed E-state index contributed by atoms with van der Waals surface area (Å²) in [5, 5.41) is 20.0. The second kappa shape index (κ2) is 12.1. The van der Waals surface area contributed by atoms with Crippen LogP contribution < -0.4 is 25.5 Å². The fourth-order valence-electron chi connectivity index (χ4n) is 3.41. The Morgan fingerprint density at radius 3 is 2.77 bits per heavy atom. The number of nitrogens with one attached hydrogen (secondary N) is 3. The molecule has 0 radical (unpaired) electrons. The van der Waals surface area contributed by atoms with Gasteiger partial charge in [-0.25, -0.2) is 9.59 Å². The lowest BCUT2D eigenvalue weighted by Gasteiger charge is -2.28. The molecule has 0 aliphatic carbocycles. The maximum absolute atomic E-state index is 12.3. The molecule has 2 amide bonds. The molecule has 2 atom stereocenters. The summed E-state index contributed by atoms with van der Waals surface area (Å²) in [6.45, 7) is 3.67. The number of hydrogen-bond donors (Lipinski definition) is 4. The van der Waals surface area contributed by atoms with Gasteiger partial charge in [0.05, 0.1) is 31.5 Å². The molecular formula is C24H27ClN4O6. The van der Waals surface area contributed by atoms with Gasteiger partial charge >= 0.3 is 12.0 Å². The molecule has 10 nitrogen and oxygen atoms in total. The fourth-order valence-corrected chi connectivity index (χ4v) is 3.61. The van der Waals surface area contributed by atoms with E-state index in [4.69, 9.17) is 25.8 Å². The van der Waals surface area contributed by atoms with E-state index in [0.29, 0.717) is 34.4 Å². The fraction of sp³-hybridized carbons (Fsp3) is 0.292. The standard InChI is InChI=1S/C24H27ClN4O6/c1-4-34-19-11-16(22-21(23(31)33-3)14(2)27-24(32)28-22)8-9-18(19)35-13-20(30)29-26-12-15-6-5-7-17(25)10-15/h5-12,20,22,29-30H,4,13H2,1-3H3,(H2,27,28,32)/b26-12-/t20-,22+/m0/s1. The van der Waals surface area contributed by atoms with E-state index in [9.17, 15) is 14.7 Å². The van der Waals surface area contributed by atoms with Crippen molar-refractivity contribution >= 4 is 29.8 Å². The summed E-state index contributed by atoms with van der Waals surface area (Å²) in [5.41, 5.74) is 4.62. The zero-order valence-electron chi connectivity index (χ0n) is 19.5. The van der Waals surface area contributed by atoms with E-state index in [1.807, 2.05) is 13.0 Å². The number of hydrazone groups is 1. The highest BCUT2D eigenvalue weighted by atomic mass is 35.5. The zero-order valence-corrected chi connectivity index (χ0v) is 20.3. The average Bonchev–Trinajstić information content (AvgIpc) is 2.82. The first kappa shape index (κ1) is 25.9. The van der Waals surface area contributed by atoms with Crippen LogP contribution in [0.2, 0.25) is 5.02 Å². The lowest BCUT2D eigenvalue weighted by atomic mass is 9.95. The van der Waals surface area contributed by atoms with Crippen molar-refractivity contribution in [2.24, 2.45) is 5.10 Å². The van der Waals surface area contributed by atoms with Gasteiger partial charge in [-0.05, 0) is 49.2 Å². The second-order valence-corrected chi connectivity index (χ2v) is 7.91. The number of carbonyl (C=O) groups is 2. The first-order valence-corrected chi connectivity index (χ1v) is 11.2. The Morgan fingerprint density at radius 2 is 2.06 bits per heavy atom. The topological polar surface area (TPSA) is 131 Å². The lowest BCUT2D eigenvalue weighted by molar-refractivity contribution is -0.136. The number of amides is 2. The van der Waals surface area contributed by atoms with Crippen LogP contribution in [0.3, 0.4) is 0 Å². The number of hydrogen-bond acceptors (Lipinski definition) is 8. The molecule has 0 fully saturated rings. The number of rotatable bonds is 10. The minimum Gasteiger partial charge on any atom is -0.490 e. The zero-order chi connectivity index (χ0) is 25.4. The highest BCUT2D eigenvalue weighted by Crippen LogP contribution is 2.34. The van der Waals surface area contributed by atoms with Gasteiger partial charge in [0.15, 0.2) is 17.7 Å². The third kappa shape index (κ3) is 6.87. The largest absolute Gasteiger partial charge is 0.490 e. The second-order valence-electron chi connectivity index (χ2n) is 7.47. The first-order chi connectivity index (χ1) is 16.8. The van der Waals surface area contributed by atoms with Gasteiger partial charge < -0.3 is 30.0 Å². The molecule has 0 aromatic heterocycles. The molecule has 0 bridgehead atoms. The van der Waals surface area contributed by atoms with E-state index >= 15 is 0 Å². The van der Waals surface area contributed by atoms with Gasteiger partial charge in [-0.1, -0.05) is 29.8 Å². The summed E-state index contributed by atoms with van der Waals surface area (Å²) >= 11 is 5.94. The summed E-state index contributed by atoms with van der Waals surface area (Å²) in [7, 11) is 1.27. The number of benzene rings is 2. The summed E-state index contributed by atoms with van der Waals surface area (Å²) < 4.78 is 16.3. The third-order valence-electron chi connectivity index (χ3n) is 4.96. The number of halogens is 1. The smallest absolute Gasteiger partial charge is 0.337 e. The van der Waals surface area contributed by atoms with E-state index in [0.717, 1.165) is 5.56 Å². The Morgan fingerprint density at radius 1 is 1.26 bits per heavy atom. The summed E-state index contributed by atoms with van der Waals surface area (Å²) in [6.07, 6.45) is 0.428. The number of carbonyl (C=O) groups excluding carboxylic acids is 2. The number of urea groups is 1. The number of aliphatic hydroxyl groups is 1. The average molecular weight is 503 g/mol. The molecule has 0 unspecified atom stereocenters. The van der Waals surface area contributed by atoms with Crippen LogP contribution in [-0.4, -0.2) is 49.9 Å². The van der Waals surface area contributed by atoms with Crippen LogP contribution >= 0.6 is 11.6 Å². The van der Waals surface area contributed by atoms with Gasteiger partial charge in [0.1, 0.15) is 6.61 Å². The van der Waals surface area contributed by atoms with Crippen LogP contribution in [0.15, 0.2) is 58.8 Å². The van der Waals surface area contributed by atoms with Crippen molar-refractivity contribution < 1.29 is 28.9 Å². The van der Waals surface area contributed by atoms with E-state index in [-0.39, 0.29) is 12.2 Å². The molecule has 2 aromatic rings. The predicted molar refractivity (Wildman–Crippen MR) is 130 cm³/mol. The van der Waals surface area contributed by atoms with Gasteiger partial charge in [0.2, 0.25) is 0 Å². The van der Waals surface area contributed by atoms with Crippen molar-refractivity contribution in [2.75, 3.05) is 20.3 Å². The van der Waals surface area contributed by atoms with Crippen molar-refractivity contribution in [1.29, 1.82) is 0 Å². The number of ether oxygens (including phenoxy) is 3. The highest BCUT2D eigenvalue weighted by molar-refractivity contribution is 6.30. The first-order valence-electron chi connectivity index (χ1n) is 10.8. The molecule has 1 aliphatic rings. The van der Waals surface area contributed by atoms with E-state index in [2.05, 4.69) is 21.2 Å². The molecule has 2 aromatic carbocycles. The predicted octanol–water partition coefficient (Wildman–Crippen LogP) is 2.86. The summed E-state index contributed by atoms with van der Waals surface area (Å²) in [5.74, 6) is 0.191. The maximum atomic E-state index is 12.3. The van der Waals surface area contributed by atoms with Crippen molar-refractivity contribution in [3.8, 4) is 11.5 Å². The van der Waals surface area contributed by atoms with Crippen LogP contribution in [0.4, 0.5) is 4.79 Å². The SMILES string of the molecule is CCOc1cc([C@H]2NC(=O)NC(C)=C2C(=O)OC)ccc1OC[C@H](O)N/N=C\c1cccc(Cl)c1. The quantitative estimate of drug-likeness (QED) is 0.170. The molecule has 1 aliphatic heterocycles. The lowest BCUT2D eigenvalue weighted by Crippen LogP contribution is -2.45. The van der Waals surface area contributed by atoms with Crippen LogP contribution in [0.5, 0.6) is 11.5 Å². The number of esters is 1. The summed E-state index contributed by atoms with van der Waals surface area (Å²) in [6, 6.07) is 10.9. The van der Waals surface area contributed by atoms with Crippen molar-refractivity contribution in [3.63, 3.8) is 0 Å². The molecule has 0 saturated carbocycles. The number of methoxy groups -OCH3 is 1. The molecule has 0 spiro atoms. The van der Waals surface area contributed by atoms with Gasteiger partial charge in [-0.3, -0.25) is 5.43 Å². The van der Waals surface area contributed by atoms with Crippen molar-refractivity contribution in [1.82, 2.24) is 16.1 Å².